The van der Waals surface area contributed by atoms with E-state index in [1.54, 1.807) is 7.11 Å². The molecule has 2 heterocycles. The van der Waals surface area contributed by atoms with E-state index in [0.29, 0.717) is 13.1 Å². The van der Waals surface area contributed by atoms with Crippen LogP contribution >= 0.6 is 24.0 Å². The Balaban J connectivity index is 0.00000320. The Bertz CT molecular complexity index is 756. The van der Waals surface area contributed by atoms with Gasteiger partial charge in [0.1, 0.15) is 11.6 Å². The number of ether oxygens (including phenoxy) is 1. The maximum atomic E-state index is 5.21. The normalized spacial score (nSPS) is 14.5. The number of aromatic nitrogens is 1. The predicted octanol–water partition coefficient (Wildman–Crippen LogP) is 4.34. The minimum Gasteiger partial charge on any atom is -0.497 e. The standard InChI is InChI=1S/C23H33N5O.HI/c1-3-24-23(26-16-19-8-11-21(29-2)12-9-19)27-18-20-10-13-22(25-17-20)28-14-6-4-5-7-15-28;/h8-13,17H,3-7,14-16,18H2,1-2H3,(H2,24,26,27);1H. The lowest BCUT2D eigenvalue weighted by molar-refractivity contribution is 0.414. The van der Waals surface area contributed by atoms with Gasteiger partial charge in [-0.25, -0.2) is 9.98 Å². The summed E-state index contributed by atoms with van der Waals surface area (Å²) in [6.45, 7) is 6.44. The third kappa shape index (κ3) is 7.66. The van der Waals surface area contributed by atoms with Gasteiger partial charge in [0.05, 0.1) is 13.7 Å². The molecule has 1 saturated heterocycles. The maximum Gasteiger partial charge on any atom is 0.191 e. The van der Waals surface area contributed by atoms with E-state index in [2.05, 4.69) is 51.7 Å². The van der Waals surface area contributed by atoms with Crippen LogP contribution in [0.2, 0.25) is 0 Å². The van der Waals surface area contributed by atoms with Gasteiger partial charge in [0.2, 0.25) is 0 Å². The van der Waals surface area contributed by atoms with Gasteiger partial charge in [0.15, 0.2) is 5.96 Å². The molecule has 1 fully saturated rings. The van der Waals surface area contributed by atoms with Crippen LogP contribution in [0.1, 0.15) is 43.7 Å². The van der Waals surface area contributed by atoms with Gasteiger partial charge < -0.3 is 20.3 Å². The van der Waals surface area contributed by atoms with Crippen molar-refractivity contribution in [3.8, 4) is 5.75 Å². The van der Waals surface area contributed by atoms with Crippen LogP contribution in [0.15, 0.2) is 47.6 Å². The molecule has 1 aliphatic rings. The Kier molecular flexibility index (Phi) is 10.8. The minimum absolute atomic E-state index is 0. The first-order valence-corrected chi connectivity index (χ1v) is 10.6. The van der Waals surface area contributed by atoms with Crippen molar-refractivity contribution in [3.05, 3.63) is 53.7 Å². The Morgan fingerprint density at radius 3 is 2.30 bits per heavy atom. The Morgan fingerprint density at radius 1 is 1.00 bits per heavy atom. The molecule has 0 spiro atoms. The topological polar surface area (TPSA) is 61.8 Å². The molecule has 0 radical (unpaired) electrons. The van der Waals surface area contributed by atoms with E-state index in [1.165, 1.54) is 31.2 Å². The van der Waals surface area contributed by atoms with E-state index in [-0.39, 0.29) is 24.0 Å². The fourth-order valence-corrected chi connectivity index (χ4v) is 3.44. The second kappa shape index (κ2) is 13.3. The summed E-state index contributed by atoms with van der Waals surface area (Å²) in [5, 5.41) is 6.69. The van der Waals surface area contributed by atoms with Crippen LogP contribution < -0.4 is 20.3 Å². The van der Waals surface area contributed by atoms with E-state index in [0.717, 1.165) is 42.7 Å². The Hall–Kier alpha value is -2.03. The lowest BCUT2D eigenvalue weighted by Gasteiger charge is -2.21. The quantitative estimate of drug-likeness (QED) is 0.321. The van der Waals surface area contributed by atoms with Gasteiger partial charge in [-0.1, -0.05) is 31.0 Å². The van der Waals surface area contributed by atoms with E-state index in [9.17, 15) is 0 Å². The van der Waals surface area contributed by atoms with Crippen molar-refractivity contribution in [1.29, 1.82) is 0 Å². The molecule has 30 heavy (non-hydrogen) atoms. The smallest absolute Gasteiger partial charge is 0.191 e. The number of anilines is 1. The Morgan fingerprint density at radius 2 is 1.70 bits per heavy atom. The summed E-state index contributed by atoms with van der Waals surface area (Å²) < 4.78 is 5.21. The van der Waals surface area contributed by atoms with Crippen molar-refractivity contribution < 1.29 is 4.74 Å². The highest BCUT2D eigenvalue weighted by molar-refractivity contribution is 14.0. The molecule has 0 unspecified atom stereocenters. The van der Waals surface area contributed by atoms with Crippen molar-refractivity contribution >= 4 is 35.8 Å². The number of hydrogen-bond acceptors (Lipinski definition) is 4. The third-order valence-electron chi connectivity index (χ3n) is 5.12. The van der Waals surface area contributed by atoms with Gasteiger partial charge in [0.25, 0.3) is 0 Å². The molecule has 164 valence electrons. The average molecular weight is 523 g/mol. The minimum atomic E-state index is 0. The van der Waals surface area contributed by atoms with Crippen LogP contribution in [0.3, 0.4) is 0 Å². The fraction of sp³-hybridized carbons (Fsp3) is 0.478. The summed E-state index contributed by atoms with van der Waals surface area (Å²) in [5.41, 5.74) is 2.30. The molecule has 0 amide bonds. The zero-order valence-corrected chi connectivity index (χ0v) is 20.4. The highest BCUT2D eigenvalue weighted by atomic mass is 127. The van der Waals surface area contributed by atoms with Crippen molar-refractivity contribution in [2.45, 2.75) is 45.7 Å². The van der Waals surface area contributed by atoms with E-state index >= 15 is 0 Å². The number of aliphatic imine (C=N–C) groups is 1. The van der Waals surface area contributed by atoms with E-state index in [1.807, 2.05) is 18.3 Å². The third-order valence-corrected chi connectivity index (χ3v) is 5.12. The summed E-state index contributed by atoms with van der Waals surface area (Å²) >= 11 is 0. The second-order valence-electron chi connectivity index (χ2n) is 7.32. The zero-order valence-electron chi connectivity index (χ0n) is 18.1. The van der Waals surface area contributed by atoms with E-state index < -0.39 is 0 Å². The zero-order chi connectivity index (χ0) is 20.3. The van der Waals surface area contributed by atoms with Crippen LogP contribution in [-0.2, 0) is 13.1 Å². The number of methoxy groups -OCH3 is 1. The molecule has 6 nitrogen and oxygen atoms in total. The second-order valence-corrected chi connectivity index (χ2v) is 7.32. The Labute approximate surface area is 197 Å². The lowest BCUT2D eigenvalue weighted by atomic mass is 10.2. The van der Waals surface area contributed by atoms with Gasteiger partial charge in [-0.05, 0) is 49.1 Å². The molecule has 1 aromatic carbocycles. The molecule has 0 atom stereocenters. The van der Waals surface area contributed by atoms with Gasteiger partial charge in [-0.3, -0.25) is 0 Å². The van der Waals surface area contributed by atoms with Crippen LogP contribution in [-0.4, -0.2) is 37.7 Å². The number of halogens is 1. The number of pyridine rings is 1. The van der Waals surface area contributed by atoms with Gasteiger partial charge >= 0.3 is 0 Å². The summed E-state index contributed by atoms with van der Waals surface area (Å²) in [6, 6.07) is 12.3. The summed E-state index contributed by atoms with van der Waals surface area (Å²) in [7, 11) is 1.68. The first kappa shape index (κ1) is 24.2. The number of nitrogens with zero attached hydrogens (tertiary/aromatic N) is 3. The molecule has 1 aliphatic heterocycles. The molecular weight excluding hydrogens is 489 g/mol. The summed E-state index contributed by atoms with van der Waals surface area (Å²) in [5.74, 6) is 2.76. The molecule has 0 aliphatic carbocycles. The largest absolute Gasteiger partial charge is 0.497 e. The number of benzene rings is 1. The van der Waals surface area contributed by atoms with Crippen molar-refractivity contribution in [2.75, 3.05) is 31.6 Å². The van der Waals surface area contributed by atoms with Crippen molar-refractivity contribution in [1.82, 2.24) is 15.6 Å². The molecule has 1 aromatic heterocycles. The predicted molar refractivity (Wildman–Crippen MR) is 135 cm³/mol. The number of nitrogens with one attached hydrogen (secondary N) is 2. The molecule has 0 bridgehead atoms. The molecule has 2 aromatic rings. The van der Waals surface area contributed by atoms with Gasteiger partial charge in [-0.2, -0.15) is 0 Å². The summed E-state index contributed by atoms with van der Waals surface area (Å²) in [4.78, 5) is 11.8. The van der Waals surface area contributed by atoms with Crippen LogP contribution in [0.25, 0.3) is 0 Å². The average Bonchev–Trinajstić information content (AvgIpc) is 3.06. The molecule has 3 rings (SSSR count). The molecule has 7 heteroatoms. The van der Waals surface area contributed by atoms with Gasteiger partial charge in [0, 0.05) is 32.4 Å². The van der Waals surface area contributed by atoms with Crippen LogP contribution in [0.5, 0.6) is 5.75 Å². The number of guanidine groups is 1. The van der Waals surface area contributed by atoms with Crippen molar-refractivity contribution in [2.24, 2.45) is 4.99 Å². The SMILES string of the molecule is CCNC(=NCc1ccc(N2CCCCCC2)nc1)NCc1ccc(OC)cc1.I. The molecular formula is C23H34IN5O. The fourth-order valence-electron chi connectivity index (χ4n) is 3.44. The molecule has 2 N–H and O–H groups in total. The van der Waals surface area contributed by atoms with Crippen LogP contribution in [0, 0.1) is 0 Å². The summed E-state index contributed by atoms with van der Waals surface area (Å²) in [6.07, 6.45) is 7.15. The first-order chi connectivity index (χ1) is 14.3. The monoisotopic (exact) mass is 523 g/mol. The van der Waals surface area contributed by atoms with Crippen LogP contribution in [0.4, 0.5) is 5.82 Å². The molecule has 0 saturated carbocycles. The number of rotatable bonds is 7. The lowest BCUT2D eigenvalue weighted by Crippen LogP contribution is -2.36. The van der Waals surface area contributed by atoms with E-state index in [4.69, 9.17) is 9.73 Å². The van der Waals surface area contributed by atoms with Crippen molar-refractivity contribution in [3.63, 3.8) is 0 Å². The first-order valence-electron chi connectivity index (χ1n) is 10.6. The van der Waals surface area contributed by atoms with Gasteiger partial charge in [-0.15, -0.1) is 24.0 Å². The maximum absolute atomic E-state index is 5.21. The highest BCUT2D eigenvalue weighted by Gasteiger charge is 2.10. The number of hydrogen-bond donors (Lipinski definition) is 2. The highest BCUT2D eigenvalue weighted by Crippen LogP contribution is 2.17.